The highest BCUT2D eigenvalue weighted by atomic mass is 32.1. The average molecular weight is 263 g/mol. The van der Waals surface area contributed by atoms with E-state index in [9.17, 15) is 0 Å². The minimum absolute atomic E-state index is 0.0950. The lowest BCUT2D eigenvalue weighted by molar-refractivity contribution is 0.214. The molecule has 5 heteroatoms. The maximum Gasteiger partial charge on any atom is 0.217 e. The van der Waals surface area contributed by atoms with Crippen molar-refractivity contribution < 1.29 is 4.74 Å². The summed E-state index contributed by atoms with van der Waals surface area (Å²) in [4.78, 5) is 1.96. The number of hydrogen-bond acceptors (Lipinski definition) is 3. The summed E-state index contributed by atoms with van der Waals surface area (Å²) in [6.45, 7) is 7.39. The summed E-state index contributed by atoms with van der Waals surface area (Å²) < 4.78 is 5.83. The van der Waals surface area contributed by atoms with Crippen molar-refractivity contribution in [3.63, 3.8) is 0 Å². The zero-order valence-corrected chi connectivity index (χ0v) is 11.7. The Balaban J connectivity index is 2.01. The van der Waals surface area contributed by atoms with E-state index in [-0.39, 0.29) is 6.17 Å². The minimum Gasteiger partial charge on any atom is -0.489 e. The molecule has 1 aromatic rings. The van der Waals surface area contributed by atoms with E-state index in [1.807, 2.05) is 24.8 Å². The van der Waals surface area contributed by atoms with Gasteiger partial charge in [0.15, 0.2) is 6.17 Å². The van der Waals surface area contributed by atoms with Crippen LogP contribution in [0.2, 0.25) is 0 Å². The molecule has 1 heterocycles. The molecule has 0 bridgehead atoms. The lowest BCUT2D eigenvalue weighted by Gasteiger charge is -2.21. The van der Waals surface area contributed by atoms with Gasteiger partial charge in [-0.1, -0.05) is 12.1 Å². The van der Waals surface area contributed by atoms with Crippen LogP contribution in [0.4, 0.5) is 0 Å². The van der Waals surface area contributed by atoms with Gasteiger partial charge in [-0.25, -0.2) is 0 Å². The number of azo groups is 1. The molecule has 2 rings (SSSR count). The molecular formula is C13H17N3OS. The predicted octanol–water partition coefficient (Wildman–Crippen LogP) is 3.08. The van der Waals surface area contributed by atoms with Gasteiger partial charge >= 0.3 is 0 Å². The molecule has 1 aliphatic rings. The number of thiocarbonyl (C=S) groups is 1. The third kappa shape index (κ3) is 2.67. The Kier molecular flexibility index (Phi) is 3.91. The van der Waals surface area contributed by atoms with Crippen LogP contribution >= 0.6 is 12.2 Å². The molecule has 0 spiro atoms. The molecule has 0 amide bonds. The quantitative estimate of drug-likeness (QED) is 0.783. The lowest BCUT2D eigenvalue weighted by Crippen LogP contribution is -2.36. The number of nitrogens with zero attached hydrogens (tertiary/aromatic N) is 3. The van der Waals surface area contributed by atoms with Crippen LogP contribution in [-0.2, 0) is 0 Å². The third-order valence-corrected chi connectivity index (χ3v) is 3.27. The SMILES string of the molecule is CCN1C(=S)N=NC1COc1cc(C)ccc1C. The summed E-state index contributed by atoms with van der Waals surface area (Å²) >= 11 is 5.10. The van der Waals surface area contributed by atoms with Gasteiger partial charge in [-0.15, -0.1) is 5.11 Å². The molecule has 1 atom stereocenters. The first kappa shape index (κ1) is 13.0. The summed E-state index contributed by atoms with van der Waals surface area (Å²) in [6.07, 6.45) is -0.0950. The fourth-order valence-corrected chi connectivity index (χ4v) is 2.16. The molecule has 0 aliphatic carbocycles. The lowest BCUT2D eigenvalue weighted by atomic mass is 10.1. The van der Waals surface area contributed by atoms with Gasteiger partial charge in [0.1, 0.15) is 12.4 Å². The smallest absolute Gasteiger partial charge is 0.217 e. The number of ether oxygens (including phenoxy) is 1. The van der Waals surface area contributed by atoms with Gasteiger partial charge in [-0.05, 0) is 50.2 Å². The van der Waals surface area contributed by atoms with E-state index in [2.05, 4.69) is 29.3 Å². The molecule has 1 aromatic carbocycles. The molecule has 0 fully saturated rings. The van der Waals surface area contributed by atoms with Gasteiger partial charge in [0.2, 0.25) is 5.11 Å². The Morgan fingerprint density at radius 3 is 2.89 bits per heavy atom. The average Bonchev–Trinajstić information content (AvgIpc) is 2.71. The first-order valence-electron chi connectivity index (χ1n) is 6.03. The van der Waals surface area contributed by atoms with Crippen molar-refractivity contribution in [3.8, 4) is 5.75 Å². The zero-order valence-electron chi connectivity index (χ0n) is 10.9. The second-order valence-electron chi connectivity index (χ2n) is 4.34. The molecule has 18 heavy (non-hydrogen) atoms. The molecule has 0 N–H and O–H groups in total. The number of aryl methyl sites for hydroxylation is 2. The molecule has 4 nitrogen and oxygen atoms in total. The monoisotopic (exact) mass is 263 g/mol. The van der Waals surface area contributed by atoms with Crippen molar-refractivity contribution in [2.24, 2.45) is 10.2 Å². The van der Waals surface area contributed by atoms with Gasteiger partial charge in [0.05, 0.1) is 0 Å². The predicted molar refractivity (Wildman–Crippen MR) is 75.0 cm³/mol. The molecule has 96 valence electrons. The van der Waals surface area contributed by atoms with E-state index < -0.39 is 0 Å². The summed E-state index contributed by atoms with van der Waals surface area (Å²) in [5.74, 6) is 0.902. The van der Waals surface area contributed by atoms with Crippen LogP contribution in [0.15, 0.2) is 28.4 Å². The van der Waals surface area contributed by atoms with Crippen molar-refractivity contribution >= 4 is 17.3 Å². The highest BCUT2D eigenvalue weighted by Crippen LogP contribution is 2.21. The summed E-state index contributed by atoms with van der Waals surface area (Å²) in [5, 5.41) is 8.59. The topological polar surface area (TPSA) is 37.2 Å². The standard InChI is InChI=1S/C13H17N3OS/c1-4-16-12(14-15-13(16)18)8-17-11-7-9(2)5-6-10(11)3/h5-7,12H,4,8H2,1-3H3. The highest BCUT2D eigenvalue weighted by molar-refractivity contribution is 7.80. The molecule has 0 aromatic heterocycles. The van der Waals surface area contributed by atoms with E-state index in [1.165, 1.54) is 5.56 Å². The van der Waals surface area contributed by atoms with Crippen molar-refractivity contribution in [2.45, 2.75) is 26.9 Å². The molecule has 0 saturated heterocycles. The van der Waals surface area contributed by atoms with Crippen molar-refractivity contribution in [1.82, 2.24) is 4.90 Å². The van der Waals surface area contributed by atoms with Crippen molar-refractivity contribution in [2.75, 3.05) is 13.2 Å². The summed E-state index contributed by atoms with van der Waals surface area (Å²) in [7, 11) is 0. The van der Waals surface area contributed by atoms with E-state index in [0.29, 0.717) is 11.7 Å². The number of likely N-dealkylation sites (N-methyl/N-ethyl adjacent to an activating group) is 1. The van der Waals surface area contributed by atoms with Crippen LogP contribution in [0, 0.1) is 13.8 Å². The Morgan fingerprint density at radius 2 is 2.17 bits per heavy atom. The Labute approximate surface area is 113 Å². The molecular weight excluding hydrogens is 246 g/mol. The molecule has 0 radical (unpaired) electrons. The van der Waals surface area contributed by atoms with Crippen LogP contribution in [0.5, 0.6) is 5.75 Å². The minimum atomic E-state index is -0.0950. The Bertz CT molecular complexity index is 487. The second-order valence-corrected chi connectivity index (χ2v) is 4.71. The largest absolute Gasteiger partial charge is 0.489 e. The first-order valence-corrected chi connectivity index (χ1v) is 6.44. The van der Waals surface area contributed by atoms with E-state index >= 15 is 0 Å². The Hall–Kier alpha value is -1.49. The summed E-state index contributed by atoms with van der Waals surface area (Å²) in [6, 6.07) is 6.17. The maximum atomic E-state index is 5.83. The zero-order chi connectivity index (χ0) is 13.1. The van der Waals surface area contributed by atoms with Gasteiger partial charge in [0, 0.05) is 6.54 Å². The first-order chi connectivity index (χ1) is 8.61. The van der Waals surface area contributed by atoms with Gasteiger partial charge in [-0.2, -0.15) is 5.11 Å². The van der Waals surface area contributed by atoms with Crippen LogP contribution < -0.4 is 4.74 Å². The van der Waals surface area contributed by atoms with Crippen molar-refractivity contribution in [1.29, 1.82) is 0 Å². The van der Waals surface area contributed by atoms with Crippen LogP contribution in [0.25, 0.3) is 0 Å². The highest BCUT2D eigenvalue weighted by Gasteiger charge is 2.25. The second kappa shape index (κ2) is 5.44. The van der Waals surface area contributed by atoms with E-state index in [0.717, 1.165) is 17.9 Å². The van der Waals surface area contributed by atoms with Crippen LogP contribution in [0.1, 0.15) is 18.1 Å². The third-order valence-electron chi connectivity index (χ3n) is 2.95. The maximum absolute atomic E-state index is 5.83. The van der Waals surface area contributed by atoms with E-state index in [4.69, 9.17) is 17.0 Å². The van der Waals surface area contributed by atoms with Crippen molar-refractivity contribution in [3.05, 3.63) is 29.3 Å². The number of benzene rings is 1. The van der Waals surface area contributed by atoms with Gasteiger partial charge < -0.3 is 9.64 Å². The molecule has 0 saturated carbocycles. The van der Waals surface area contributed by atoms with E-state index in [1.54, 1.807) is 0 Å². The normalized spacial score (nSPS) is 18.5. The van der Waals surface area contributed by atoms with Crippen LogP contribution in [-0.4, -0.2) is 29.3 Å². The Morgan fingerprint density at radius 1 is 1.39 bits per heavy atom. The van der Waals surface area contributed by atoms with Gasteiger partial charge in [0.25, 0.3) is 0 Å². The van der Waals surface area contributed by atoms with Gasteiger partial charge in [-0.3, -0.25) is 0 Å². The molecule has 1 aliphatic heterocycles. The number of hydrogen-bond donors (Lipinski definition) is 0. The number of rotatable bonds is 4. The van der Waals surface area contributed by atoms with Crippen LogP contribution in [0.3, 0.4) is 0 Å². The fourth-order valence-electron chi connectivity index (χ4n) is 1.86. The fraction of sp³-hybridized carbons (Fsp3) is 0.462. The summed E-state index contributed by atoms with van der Waals surface area (Å²) in [5.41, 5.74) is 2.31. The molecule has 1 unspecified atom stereocenters.